The minimum Gasteiger partial charge on any atom is -0.398 e. The van der Waals surface area contributed by atoms with Crippen LogP contribution in [0, 0.1) is 0 Å². The number of rotatable bonds is 2. The van der Waals surface area contributed by atoms with Crippen LogP contribution in [0.5, 0.6) is 0 Å². The van der Waals surface area contributed by atoms with Crippen molar-refractivity contribution in [3.63, 3.8) is 0 Å². The van der Waals surface area contributed by atoms with E-state index in [4.69, 9.17) is 10.7 Å². The van der Waals surface area contributed by atoms with Gasteiger partial charge in [0.2, 0.25) is 0 Å². The lowest BCUT2D eigenvalue weighted by atomic mass is 9.97. The number of carbonyl (C=O) groups excluding carboxylic acids is 1. The van der Waals surface area contributed by atoms with Crippen LogP contribution < -0.4 is 5.73 Å². The Morgan fingerprint density at radius 3 is 2.43 bits per heavy atom. The summed E-state index contributed by atoms with van der Waals surface area (Å²) in [5.74, 6) is -0.135. The molecular weight excluding hydrogens is 393 g/mol. The number of nitrogens with two attached hydrogens (primary N) is 1. The number of likely N-dealkylation sites (tertiary alicyclic amines) is 1. The van der Waals surface area contributed by atoms with Crippen LogP contribution in [0.15, 0.2) is 58.5 Å². The van der Waals surface area contributed by atoms with Gasteiger partial charge >= 0.3 is 6.18 Å². The Bertz CT molecular complexity index is 1050. The second-order valence-corrected chi connectivity index (χ2v) is 7.60. The van der Waals surface area contributed by atoms with E-state index in [-0.39, 0.29) is 5.91 Å². The summed E-state index contributed by atoms with van der Waals surface area (Å²) in [6.07, 6.45) is -3.40. The number of hydrogen-bond acceptors (Lipinski definition) is 4. The number of nitrogens with zero attached hydrogens (tertiary/aromatic N) is 3. The molecule has 2 aromatic rings. The largest absolute Gasteiger partial charge is 0.416 e. The molecule has 156 valence electrons. The van der Waals surface area contributed by atoms with Gasteiger partial charge in [0.1, 0.15) is 0 Å². The maximum atomic E-state index is 13.1. The van der Waals surface area contributed by atoms with E-state index in [0.717, 1.165) is 12.1 Å². The Morgan fingerprint density at radius 2 is 1.77 bits per heavy atom. The number of halogens is 3. The summed E-state index contributed by atoms with van der Waals surface area (Å²) >= 11 is 0. The Morgan fingerprint density at radius 1 is 1.07 bits per heavy atom. The summed E-state index contributed by atoms with van der Waals surface area (Å²) in [6.45, 7) is 2.66. The second kappa shape index (κ2) is 7.27. The Kier molecular flexibility index (Phi) is 4.88. The number of nitrogen functional groups attached to an aromatic ring is 1. The van der Waals surface area contributed by atoms with E-state index < -0.39 is 17.4 Å². The van der Waals surface area contributed by atoms with Gasteiger partial charge in [-0.25, -0.2) is 0 Å². The monoisotopic (exact) mass is 414 g/mol. The summed E-state index contributed by atoms with van der Waals surface area (Å²) in [6, 6.07) is 12.1. The predicted molar refractivity (Wildman–Crippen MR) is 110 cm³/mol. The molecule has 1 amide bonds. The fourth-order valence-electron chi connectivity index (χ4n) is 3.95. The lowest BCUT2D eigenvalue weighted by Gasteiger charge is -2.35. The SMILES string of the molecule is CC1=NC2(CCN(C(=O)c3ccccc3N)CC2)N=C1c1cccc(C(F)(F)F)c1. The molecule has 1 fully saturated rings. The summed E-state index contributed by atoms with van der Waals surface area (Å²) in [5.41, 5.74) is 6.87. The average Bonchev–Trinajstić information content (AvgIpc) is 3.03. The second-order valence-electron chi connectivity index (χ2n) is 7.60. The molecule has 0 bridgehead atoms. The van der Waals surface area contributed by atoms with E-state index in [0.29, 0.717) is 54.2 Å². The topological polar surface area (TPSA) is 71.0 Å². The first-order valence-electron chi connectivity index (χ1n) is 9.67. The van der Waals surface area contributed by atoms with Crippen LogP contribution in [0.1, 0.15) is 41.3 Å². The van der Waals surface area contributed by atoms with Gasteiger partial charge in [0.25, 0.3) is 5.91 Å². The molecule has 2 aromatic carbocycles. The van der Waals surface area contributed by atoms with Gasteiger partial charge in [-0.2, -0.15) is 13.2 Å². The van der Waals surface area contributed by atoms with Crippen LogP contribution in [-0.2, 0) is 6.18 Å². The van der Waals surface area contributed by atoms with Crippen molar-refractivity contribution in [3.8, 4) is 0 Å². The number of aliphatic imine (C=N–C) groups is 2. The number of para-hydroxylation sites is 1. The Hall–Kier alpha value is -3.16. The van der Waals surface area contributed by atoms with Crippen molar-refractivity contribution in [1.29, 1.82) is 0 Å². The number of carbonyl (C=O) groups is 1. The number of piperidine rings is 1. The number of anilines is 1. The highest BCUT2D eigenvalue weighted by Crippen LogP contribution is 2.35. The van der Waals surface area contributed by atoms with E-state index in [1.165, 1.54) is 6.07 Å². The molecule has 8 heteroatoms. The molecule has 1 spiro atoms. The third kappa shape index (κ3) is 3.69. The molecule has 30 heavy (non-hydrogen) atoms. The molecule has 1 saturated heterocycles. The standard InChI is InChI=1S/C22H21F3N4O/c1-14-19(15-5-4-6-16(13-15)22(23,24)25)28-21(27-14)9-11-29(12-10-21)20(30)17-7-2-3-8-18(17)26/h2-8,13H,9-12,26H2,1H3. The van der Waals surface area contributed by atoms with Crippen molar-refractivity contribution in [2.45, 2.75) is 31.6 Å². The fourth-order valence-corrected chi connectivity index (χ4v) is 3.95. The van der Waals surface area contributed by atoms with Gasteiger partial charge in [-0.1, -0.05) is 24.3 Å². The van der Waals surface area contributed by atoms with Crippen molar-refractivity contribution in [2.24, 2.45) is 9.98 Å². The molecule has 0 radical (unpaired) electrons. The third-order valence-corrected chi connectivity index (χ3v) is 5.54. The molecular formula is C22H21F3N4O. The summed E-state index contributed by atoms with van der Waals surface area (Å²) in [5, 5.41) is 0. The molecule has 2 aliphatic heterocycles. The van der Waals surface area contributed by atoms with Crippen molar-refractivity contribution < 1.29 is 18.0 Å². The smallest absolute Gasteiger partial charge is 0.398 e. The number of alkyl halides is 3. The quantitative estimate of drug-likeness (QED) is 0.749. The minimum atomic E-state index is -4.41. The Balaban J connectivity index is 1.53. The molecule has 2 heterocycles. The first kappa shape index (κ1) is 20.1. The molecule has 0 atom stereocenters. The zero-order valence-corrected chi connectivity index (χ0v) is 16.4. The number of benzene rings is 2. The molecule has 2 N–H and O–H groups in total. The fraction of sp³-hybridized carbons (Fsp3) is 0.318. The molecule has 0 aliphatic carbocycles. The van der Waals surface area contributed by atoms with E-state index in [1.54, 1.807) is 42.2 Å². The van der Waals surface area contributed by atoms with Crippen molar-refractivity contribution >= 4 is 23.0 Å². The summed E-state index contributed by atoms with van der Waals surface area (Å²) in [7, 11) is 0. The highest BCUT2D eigenvalue weighted by Gasteiger charge is 2.40. The van der Waals surface area contributed by atoms with Crippen LogP contribution in [0.2, 0.25) is 0 Å². The molecule has 2 aliphatic rings. The number of amides is 1. The summed E-state index contributed by atoms with van der Waals surface area (Å²) in [4.78, 5) is 23.9. The van der Waals surface area contributed by atoms with Gasteiger partial charge in [-0.3, -0.25) is 14.8 Å². The van der Waals surface area contributed by atoms with Gasteiger partial charge in [0.15, 0.2) is 5.66 Å². The van der Waals surface area contributed by atoms with Gasteiger partial charge in [0.05, 0.1) is 22.6 Å². The predicted octanol–water partition coefficient (Wildman–Crippen LogP) is 4.18. The molecule has 4 rings (SSSR count). The maximum Gasteiger partial charge on any atom is 0.416 e. The van der Waals surface area contributed by atoms with Crippen LogP contribution >= 0.6 is 0 Å². The first-order chi connectivity index (χ1) is 14.2. The van der Waals surface area contributed by atoms with Gasteiger partial charge in [-0.05, 0) is 31.2 Å². The summed E-state index contributed by atoms with van der Waals surface area (Å²) < 4.78 is 39.2. The van der Waals surface area contributed by atoms with E-state index >= 15 is 0 Å². The Labute approximate surface area is 172 Å². The zero-order chi connectivity index (χ0) is 21.5. The van der Waals surface area contributed by atoms with Crippen molar-refractivity contribution in [2.75, 3.05) is 18.8 Å². The van der Waals surface area contributed by atoms with E-state index in [2.05, 4.69) is 4.99 Å². The molecule has 0 unspecified atom stereocenters. The van der Waals surface area contributed by atoms with Crippen molar-refractivity contribution in [3.05, 3.63) is 65.2 Å². The third-order valence-electron chi connectivity index (χ3n) is 5.54. The van der Waals surface area contributed by atoms with Gasteiger partial charge < -0.3 is 10.6 Å². The molecule has 5 nitrogen and oxygen atoms in total. The van der Waals surface area contributed by atoms with Crippen LogP contribution in [-0.4, -0.2) is 41.0 Å². The average molecular weight is 414 g/mol. The highest BCUT2D eigenvalue weighted by molar-refractivity contribution is 6.48. The first-order valence-corrected chi connectivity index (χ1v) is 9.67. The number of hydrogen-bond donors (Lipinski definition) is 1. The molecule has 0 saturated carbocycles. The molecule has 0 aromatic heterocycles. The van der Waals surface area contributed by atoms with Gasteiger partial charge in [-0.15, -0.1) is 0 Å². The normalized spacial score (nSPS) is 18.3. The van der Waals surface area contributed by atoms with E-state index in [1.807, 2.05) is 0 Å². The van der Waals surface area contributed by atoms with Crippen LogP contribution in [0.25, 0.3) is 0 Å². The lowest BCUT2D eigenvalue weighted by Crippen LogP contribution is -2.44. The van der Waals surface area contributed by atoms with Crippen molar-refractivity contribution in [1.82, 2.24) is 4.90 Å². The van der Waals surface area contributed by atoms with Gasteiger partial charge in [0, 0.05) is 37.2 Å². The minimum absolute atomic E-state index is 0.135. The van der Waals surface area contributed by atoms with Crippen LogP contribution in [0.3, 0.4) is 0 Å². The van der Waals surface area contributed by atoms with E-state index in [9.17, 15) is 18.0 Å². The zero-order valence-electron chi connectivity index (χ0n) is 16.4. The highest BCUT2D eigenvalue weighted by atomic mass is 19.4. The van der Waals surface area contributed by atoms with Crippen LogP contribution in [0.4, 0.5) is 18.9 Å². The lowest BCUT2D eigenvalue weighted by molar-refractivity contribution is -0.137. The maximum absolute atomic E-state index is 13.1.